The molecule has 4 heteroatoms. The maximum Gasteiger partial charge on any atom is 0.185 e. The quantitative estimate of drug-likeness (QED) is 0.526. The van der Waals surface area contributed by atoms with E-state index in [4.69, 9.17) is 0 Å². The maximum absolute atomic E-state index is 12.0. The van der Waals surface area contributed by atoms with Crippen LogP contribution in [-0.4, -0.2) is 15.6 Å². The lowest BCUT2D eigenvalue weighted by Gasteiger charge is -1.99. The van der Waals surface area contributed by atoms with Crippen LogP contribution in [0.25, 0.3) is 10.9 Å². The van der Waals surface area contributed by atoms with Gasteiger partial charge in [0.25, 0.3) is 0 Å². The standard InChI is InChI=1S/C17H13BrN2O/c18-15-8-9-16-14(11-15)12-19-20(16)10-4-7-17(21)13-5-2-1-3-6-13/h1-9,11-12H,10H2/b7-4+. The lowest BCUT2D eigenvalue weighted by molar-refractivity contribution is 0.104. The molecule has 104 valence electrons. The van der Waals surface area contributed by atoms with Crippen molar-refractivity contribution in [3.63, 3.8) is 0 Å². The number of aromatic nitrogens is 2. The average molecular weight is 341 g/mol. The molecule has 0 radical (unpaired) electrons. The van der Waals surface area contributed by atoms with Gasteiger partial charge in [-0.25, -0.2) is 0 Å². The lowest BCUT2D eigenvalue weighted by Crippen LogP contribution is -1.99. The Labute approximate surface area is 131 Å². The molecule has 1 aromatic heterocycles. The molecule has 0 saturated heterocycles. The topological polar surface area (TPSA) is 34.9 Å². The molecule has 0 spiro atoms. The molecule has 3 nitrogen and oxygen atoms in total. The van der Waals surface area contributed by atoms with E-state index in [2.05, 4.69) is 21.0 Å². The number of fused-ring (bicyclic) bond motifs is 1. The third kappa shape index (κ3) is 3.11. The van der Waals surface area contributed by atoms with Gasteiger partial charge in [-0.1, -0.05) is 52.3 Å². The van der Waals surface area contributed by atoms with Gasteiger partial charge < -0.3 is 0 Å². The van der Waals surface area contributed by atoms with E-state index in [1.807, 2.05) is 65.5 Å². The molecule has 0 atom stereocenters. The third-order valence-electron chi connectivity index (χ3n) is 3.21. The van der Waals surface area contributed by atoms with Gasteiger partial charge in [-0.15, -0.1) is 0 Å². The largest absolute Gasteiger partial charge is 0.289 e. The minimum Gasteiger partial charge on any atom is -0.289 e. The molecule has 0 aliphatic rings. The highest BCUT2D eigenvalue weighted by Crippen LogP contribution is 2.19. The van der Waals surface area contributed by atoms with Crippen LogP contribution in [0.1, 0.15) is 10.4 Å². The number of carbonyl (C=O) groups is 1. The highest BCUT2D eigenvalue weighted by molar-refractivity contribution is 9.10. The molecule has 1 heterocycles. The van der Waals surface area contributed by atoms with Crippen LogP contribution in [0, 0.1) is 0 Å². The van der Waals surface area contributed by atoms with Crippen LogP contribution in [0.3, 0.4) is 0 Å². The Kier molecular flexibility index (Phi) is 3.97. The molecule has 0 bridgehead atoms. The predicted molar refractivity (Wildman–Crippen MR) is 87.3 cm³/mol. The number of allylic oxidation sites excluding steroid dienone is 2. The second-order valence-corrected chi connectivity index (χ2v) is 5.58. The van der Waals surface area contributed by atoms with Gasteiger partial charge in [0.05, 0.1) is 18.3 Å². The van der Waals surface area contributed by atoms with E-state index in [1.165, 1.54) is 0 Å². The molecular weight excluding hydrogens is 328 g/mol. The summed E-state index contributed by atoms with van der Waals surface area (Å²) in [5, 5.41) is 5.42. The van der Waals surface area contributed by atoms with Crippen molar-refractivity contribution >= 4 is 32.6 Å². The fourth-order valence-corrected chi connectivity index (χ4v) is 2.54. The van der Waals surface area contributed by atoms with E-state index in [-0.39, 0.29) is 5.78 Å². The molecule has 0 N–H and O–H groups in total. The van der Waals surface area contributed by atoms with Crippen molar-refractivity contribution in [1.82, 2.24) is 9.78 Å². The predicted octanol–water partition coefficient (Wildman–Crippen LogP) is 4.24. The van der Waals surface area contributed by atoms with Gasteiger partial charge in [0.1, 0.15) is 0 Å². The number of rotatable bonds is 4. The monoisotopic (exact) mass is 340 g/mol. The molecule has 0 saturated carbocycles. The first-order valence-electron chi connectivity index (χ1n) is 6.61. The molecule has 21 heavy (non-hydrogen) atoms. The van der Waals surface area contributed by atoms with Gasteiger partial charge in [0.2, 0.25) is 0 Å². The molecule has 0 amide bonds. The summed E-state index contributed by atoms with van der Waals surface area (Å²) < 4.78 is 2.90. The number of halogens is 1. The average Bonchev–Trinajstić information content (AvgIpc) is 2.90. The number of ketones is 1. The number of benzene rings is 2. The smallest absolute Gasteiger partial charge is 0.185 e. The van der Waals surface area contributed by atoms with E-state index in [1.54, 1.807) is 6.08 Å². The first-order valence-corrected chi connectivity index (χ1v) is 7.40. The van der Waals surface area contributed by atoms with Crippen molar-refractivity contribution in [2.45, 2.75) is 6.54 Å². The first kappa shape index (κ1) is 13.8. The summed E-state index contributed by atoms with van der Waals surface area (Å²) in [6, 6.07) is 15.3. The Bertz CT molecular complexity index is 806. The summed E-state index contributed by atoms with van der Waals surface area (Å²) in [6.45, 7) is 0.573. The molecule has 3 aromatic rings. The van der Waals surface area contributed by atoms with Crippen molar-refractivity contribution in [1.29, 1.82) is 0 Å². The van der Waals surface area contributed by atoms with Gasteiger partial charge in [-0.2, -0.15) is 5.10 Å². The molecular formula is C17H13BrN2O. The number of hydrogen-bond acceptors (Lipinski definition) is 2. The zero-order chi connectivity index (χ0) is 14.7. The van der Waals surface area contributed by atoms with Gasteiger partial charge in [0, 0.05) is 15.4 Å². The van der Waals surface area contributed by atoms with E-state index in [9.17, 15) is 4.79 Å². The van der Waals surface area contributed by atoms with Gasteiger partial charge in [-0.3, -0.25) is 9.48 Å². The van der Waals surface area contributed by atoms with Crippen LogP contribution in [0.2, 0.25) is 0 Å². The highest BCUT2D eigenvalue weighted by Gasteiger charge is 2.02. The van der Waals surface area contributed by atoms with Crippen LogP contribution in [-0.2, 0) is 6.54 Å². The van der Waals surface area contributed by atoms with Crippen LogP contribution in [0.4, 0.5) is 0 Å². The number of carbonyl (C=O) groups excluding carboxylic acids is 1. The number of hydrogen-bond donors (Lipinski definition) is 0. The SMILES string of the molecule is O=C(/C=C/Cn1ncc2cc(Br)ccc21)c1ccccc1. The lowest BCUT2D eigenvalue weighted by atomic mass is 10.1. The third-order valence-corrected chi connectivity index (χ3v) is 3.70. The highest BCUT2D eigenvalue weighted by atomic mass is 79.9. The van der Waals surface area contributed by atoms with Gasteiger partial charge in [-0.05, 0) is 24.3 Å². The Morgan fingerprint density at radius 1 is 1.19 bits per heavy atom. The van der Waals surface area contributed by atoms with Crippen molar-refractivity contribution in [2.75, 3.05) is 0 Å². The second-order valence-electron chi connectivity index (χ2n) is 4.66. The zero-order valence-electron chi connectivity index (χ0n) is 11.2. The molecule has 0 aliphatic carbocycles. The van der Waals surface area contributed by atoms with Crippen LogP contribution in [0.5, 0.6) is 0 Å². The van der Waals surface area contributed by atoms with E-state index < -0.39 is 0 Å². The Hall–Kier alpha value is -2.20. The minimum atomic E-state index is 0.00908. The summed E-state index contributed by atoms with van der Waals surface area (Å²) in [5.41, 5.74) is 1.75. The molecule has 3 rings (SSSR count). The van der Waals surface area contributed by atoms with Crippen LogP contribution >= 0.6 is 15.9 Å². The Balaban J connectivity index is 1.74. The van der Waals surface area contributed by atoms with Crippen molar-refractivity contribution < 1.29 is 4.79 Å². The first-order chi connectivity index (χ1) is 10.2. The van der Waals surface area contributed by atoms with Crippen LogP contribution < -0.4 is 0 Å². The normalized spacial score (nSPS) is 11.3. The minimum absolute atomic E-state index is 0.00908. The Morgan fingerprint density at radius 2 is 2.00 bits per heavy atom. The van der Waals surface area contributed by atoms with Crippen LogP contribution in [0.15, 0.2) is 71.4 Å². The second kappa shape index (κ2) is 6.06. The fraction of sp³-hybridized carbons (Fsp3) is 0.0588. The van der Waals surface area contributed by atoms with E-state index in [0.29, 0.717) is 12.1 Å². The summed E-state index contributed by atoms with van der Waals surface area (Å²) in [6.07, 6.45) is 5.26. The van der Waals surface area contributed by atoms with Gasteiger partial charge in [0.15, 0.2) is 5.78 Å². The van der Waals surface area contributed by atoms with E-state index >= 15 is 0 Å². The molecule has 0 unspecified atom stereocenters. The Morgan fingerprint density at radius 3 is 2.81 bits per heavy atom. The van der Waals surface area contributed by atoms with Crippen molar-refractivity contribution in [2.24, 2.45) is 0 Å². The molecule has 2 aromatic carbocycles. The van der Waals surface area contributed by atoms with E-state index in [0.717, 1.165) is 15.4 Å². The summed E-state index contributed by atoms with van der Waals surface area (Å²) in [4.78, 5) is 12.0. The summed E-state index contributed by atoms with van der Waals surface area (Å²) in [7, 11) is 0. The fourth-order valence-electron chi connectivity index (χ4n) is 2.16. The summed E-state index contributed by atoms with van der Waals surface area (Å²) in [5.74, 6) is 0.00908. The zero-order valence-corrected chi connectivity index (χ0v) is 12.8. The van der Waals surface area contributed by atoms with Crippen molar-refractivity contribution in [3.05, 3.63) is 76.9 Å². The van der Waals surface area contributed by atoms with Gasteiger partial charge >= 0.3 is 0 Å². The molecule has 0 fully saturated rings. The number of nitrogens with zero attached hydrogens (tertiary/aromatic N) is 2. The van der Waals surface area contributed by atoms with Crippen molar-refractivity contribution in [3.8, 4) is 0 Å². The maximum atomic E-state index is 12.0. The molecule has 0 aliphatic heterocycles. The summed E-state index contributed by atoms with van der Waals surface area (Å²) >= 11 is 3.44.